The average Bonchev–Trinajstić information content (AvgIpc) is 2.38. The summed E-state index contributed by atoms with van der Waals surface area (Å²) >= 11 is 0. The molecule has 1 N–H and O–H groups in total. The molecule has 1 fully saturated rings. The Bertz CT molecular complexity index is 258. The highest BCUT2D eigenvalue weighted by atomic mass is 16.5. The molecule has 0 amide bonds. The molecule has 1 atom stereocenters. The Kier molecular flexibility index (Phi) is 9.49. The first-order chi connectivity index (χ1) is 9.97. The van der Waals surface area contributed by atoms with Gasteiger partial charge in [-0.3, -0.25) is 4.90 Å². The van der Waals surface area contributed by atoms with Crippen LogP contribution in [0.5, 0.6) is 0 Å². The molecule has 1 aliphatic rings. The number of rotatable bonds is 10. The Hall–Kier alpha value is -0.160. The van der Waals surface area contributed by atoms with Gasteiger partial charge < -0.3 is 15.0 Å². The van der Waals surface area contributed by atoms with Gasteiger partial charge in [-0.1, -0.05) is 27.7 Å². The molecule has 0 aliphatic carbocycles. The topological polar surface area (TPSA) is 27.7 Å². The first-order valence-corrected chi connectivity index (χ1v) is 8.70. The summed E-state index contributed by atoms with van der Waals surface area (Å²) in [7, 11) is 2.23. The van der Waals surface area contributed by atoms with Gasteiger partial charge in [0.15, 0.2) is 0 Å². The van der Waals surface area contributed by atoms with Crippen LogP contribution >= 0.6 is 0 Å². The molecule has 1 aliphatic heterocycles. The van der Waals surface area contributed by atoms with Crippen LogP contribution in [0.4, 0.5) is 0 Å². The predicted octanol–water partition coefficient (Wildman–Crippen LogP) is 1.91. The van der Waals surface area contributed by atoms with Gasteiger partial charge in [-0.15, -0.1) is 0 Å². The van der Waals surface area contributed by atoms with Crippen LogP contribution in [0.3, 0.4) is 0 Å². The summed E-state index contributed by atoms with van der Waals surface area (Å²) < 4.78 is 5.86. The largest absolute Gasteiger partial charge is 0.374 e. The van der Waals surface area contributed by atoms with Crippen molar-refractivity contribution in [3.8, 4) is 0 Å². The zero-order chi connectivity index (χ0) is 15.7. The second-order valence-corrected chi connectivity index (χ2v) is 7.36. The smallest absolute Gasteiger partial charge is 0.0826 e. The monoisotopic (exact) mass is 299 g/mol. The van der Waals surface area contributed by atoms with Crippen LogP contribution in [0.25, 0.3) is 0 Å². The van der Waals surface area contributed by atoms with Gasteiger partial charge in [-0.25, -0.2) is 0 Å². The van der Waals surface area contributed by atoms with Gasteiger partial charge in [0, 0.05) is 26.2 Å². The highest BCUT2D eigenvalue weighted by molar-refractivity contribution is 4.74. The molecule has 4 nitrogen and oxygen atoms in total. The first-order valence-electron chi connectivity index (χ1n) is 8.70. The minimum Gasteiger partial charge on any atom is -0.374 e. The van der Waals surface area contributed by atoms with E-state index in [1.54, 1.807) is 0 Å². The summed E-state index contributed by atoms with van der Waals surface area (Å²) in [4.78, 5) is 5.02. The van der Waals surface area contributed by atoms with Gasteiger partial charge in [-0.05, 0) is 44.9 Å². The zero-order valence-electron chi connectivity index (χ0n) is 14.9. The standard InChI is InChI=1S/C17H37N3O/c1-15(2)11-18-12-17-14-20(9-10-21-17)8-6-7-19(5)13-16(3)4/h15-18H,6-14H2,1-5H3/t17-/m0/s1. The maximum absolute atomic E-state index is 5.86. The maximum Gasteiger partial charge on any atom is 0.0826 e. The Morgan fingerprint density at radius 1 is 1.24 bits per heavy atom. The van der Waals surface area contributed by atoms with E-state index in [0.717, 1.165) is 38.7 Å². The summed E-state index contributed by atoms with van der Waals surface area (Å²) in [5, 5.41) is 3.51. The highest BCUT2D eigenvalue weighted by Gasteiger charge is 2.19. The number of hydrogen-bond donors (Lipinski definition) is 1. The van der Waals surface area contributed by atoms with Crippen LogP contribution in [0.2, 0.25) is 0 Å². The Balaban J connectivity index is 2.12. The molecule has 4 heteroatoms. The molecule has 1 saturated heterocycles. The predicted molar refractivity (Wildman–Crippen MR) is 90.8 cm³/mol. The van der Waals surface area contributed by atoms with Gasteiger partial charge in [-0.2, -0.15) is 0 Å². The summed E-state index contributed by atoms with van der Waals surface area (Å²) in [5.74, 6) is 1.47. The molecule has 0 bridgehead atoms. The molecule has 0 aromatic heterocycles. The minimum absolute atomic E-state index is 0.367. The van der Waals surface area contributed by atoms with Crippen LogP contribution in [-0.4, -0.2) is 75.4 Å². The van der Waals surface area contributed by atoms with Crippen molar-refractivity contribution in [1.29, 1.82) is 0 Å². The van der Waals surface area contributed by atoms with E-state index in [-0.39, 0.29) is 0 Å². The molecule has 1 heterocycles. The Morgan fingerprint density at radius 2 is 2.00 bits per heavy atom. The molecule has 21 heavy (non-hydrogen) atoms. The van der Waals surface area contributed by atoms with E-state index >= 15 is 0 Å². The van der Waals surface area contributed by atoms with E-state index in [1.165, 1.54) is 26.1 Å². The molecule has 0 aromatic rings. The minimum atomic E-state index is 0.367. The molecule has 0 saturated carbocycles. The van der Waals surface area contributed by atoms with Crippen LogP contribution in [0, 0.1) is 11.8 Å². The van der Waals surface area contributed by atoms with E-state index < -0.39 is 0 Å². The van der Waals surface area contributed by atoms with Crippen LogP contribution in [0.1, 0.15) is 34.1 Å². The lowest BCUT2D eigenvalue weighted by molar-refractivity contribution is -0.0279. The number of hydrogen-bond acceptors (Lipinski definition) is 4. The van der Waals surface area contributed by atoms with Gasteiger partial charge >= 0.3 is 0 Å². The van der Waals surface area contributed by atoms with Crippen LogP contribution in [-0.2, 0) is 4.74 Å². The third-order valence-corrected chi connectivity index (χ3v) is 3.84. The quantitative estimate of drug-likeness (QED) is 0.667. The lowest BCUT2D eigenvalue weighted by Crippen LogP contribution is -2.47. The van der Waals surface area contributed by atoms with Crippen LogP contribution < -0.4 is 5.32 Å². The number of morpholine rings is 1. The molecular weight excluding hydrogens is 262 g/mol. The number of nitrogens with zero attached hydrogens (tertiary/aromatic N) is 2. The van der Waals surface area contributed by atoms with Crippen molar-refractivity contribution in [3.05, 3.63) is 0 Å². The van der Waals surface area contributed by atoms with Crippen LogP contribution in [0.15, 0.2) is 0 Å². The fourth-order valence-corrected chi connectivity index (χ4v) is 2.92. The summed E-state index contributed by atoms with van der Waals surface area (Å²) in [6.07, 6.45) is 1.63. The van der Waals surface area contributed by atoms with Crippen molar-refractivity contribution in [2.24, 2.45) is 11.8 Å². The summed E-state index contributed by atoms with van der Waals surface area (Å²) in [6.45, 7) is 17.8. The molecule has 0 radical (unpaired) electrons. The van der Waals surface area contributed by atoms with Crippen molar-refractivity contribution in [2.45, 2.75) is 40.2 Å². The van der Waals surface area contributed by atoms with Crippen molar-refractivity contribution >= 4 is 0 Å². The maximum atomic E-state index is 5.86. The summed E-state index contributed by atoms with van der Waals surface area (Å²) in [5.41, 5.74) is 0. The van der Waals surface area contributed by atoms with Crippen molar-refractivity contribution in [1.82, 2.24) is 15.1 Å². The van der Waals surface area contributed by atoms with Gasteiger partial charge in [0.2, 0.25) is 0 Å². The molecule has 0 aromatic carbocycles. The molecule has 126 valence electrons. The van der Waals surface area contributed by atoms with E-state index in [1.807, 2.05) is 0 Å². The summed E-state index contributed by atoms with van der Waals surface area (Å²) in [6, 6.07) is 0. The van der Waals surface area contributed by atoms with E-state index in [9.17, 15) is 0 Å². The van der Waals surface area contributed by atoms with Crippen molar-refractivity contribution in [3.63, 3.8) is 0 Å². The first kappa shape index (κ1) is 18.9. The SMILES string of the molecule is CC(C)CNC[C@H]1CN(CCCN(C)CC(C)C)CCO1. The van der Waals surface area contributed by atoms with E-state index in [2.05, 4.69) is 49.9 Å². The molecule has 0 unspecified atom stereocenters. The Morgan fingerprint density at radius 3 is 2.67 bits per heavy atom. The second kappa shape index (κ2) is 10.5. The lowest BCUT2D eigenvalue weighted by atomic mass is 10.2. The van der Waals surface area contributed by atoms with E-state index in [0.29, 0.717) is 12.0 Å². The van der Waals surface area contributed by atoms with Crippen molar-refractivity contribution in [2.75, 3.05) is 59.5 Å². The van der Waals surface area contributed by atoms with E-state index in [4.69, 9.17) is 4.74 Å². The van der Waals surface area contributed by atoms with Gasteiger partial charge in [0.1, 0.15) is 0 Å². The lowest BCUT2D eigenvalue weighted by Gasteiger charge is -2.33. The van der Waals surface area contributed by atoms with Gasteiger partial charge in [0.05, 0.1) is 12.7 Å². The number of nitrogens with one attached hydrogen (secondary N) is 1. The fourth-order valence-electron chi connectivity index (χ4n) is 2.92. The Labute approximate surface area is 132 Å². The van der Waals surface area contributed by atoms with Crippen molar-refractivity contribution < 1.29 is 4.74 Å². The average molecular weight is 300 g/mol. The molecule has 1 rings (SSSR count). The normalized spacial score (nSPS) is 20.9. The number of ether oxygens (including phenoxy) is 1. The molecular formula is C17H37N3O. The highest BCUT2D eigenvalue weighted by Crippen LogP contribution is 2.06. The zero-order valence-corrected chi connectivity index (χ0v) is 14.9. The third-order valence-electron chi connectivity index (χ3n) is 3.84. The fraction of sp³-hybridized carbons (Fsp3) is 1.00. The molecule has 0 spiro atoms. The van der Waals surface area contributed by atoms with Gasteiger partial charge in [0.25, 0.3) is 0 Å². The third kappa shape index (κ3) is 9.46. The second-order valence-electron chi connectivity index (χ2n) is 7.36.